The highest BCUT2D eigenvalue weighted by Gasteiger charge is 2.28. The highest BCUT2D eigenvalue weighted by Crippen LogP contribution is 2.29. The Morgan fingerprint density at radius 1 is 1.31 bits per heavy atom. The summed E-state index contributed by atoms with van der Waals surface area (Å²) in [6.45, 7) is 6.95. The van der Waals surface area contributed by atoms with Crippen LogP contribution in [0.15, 0.2) is 0 Å². The molecule has 2 aliphatic rings. The summed E-state index contributed by atoms with van der Waals surface area (Å²) in [6.07, 6.45) is 3.53. The van der Waals surface area contributed by atoms with Crippen LogP contribution >= 0.6 is 11.6 Å². The molecule has 0 aromatic carbocycles. The second-order valence-corrected chi connectivity index (χ2v) is 5.47. The van der Waals surface area contributed by atoms with Crippen LogP contribution in [-0.4, -0.2) is 53.8 Å². The van der Waals surface area contributed by atoms with Crippen LogP contribution in [0.5, 0.6) is 0 Å². The lowest BCUT2D eigenvalue weighted by atomic mass is 10.2. The lowest BCUT2D eigenvalue weighted by molar-refractivity contribution is -0.132. The van der Waals surface area contributed by atoms with E-state index in [2.05, 4.69) is 4.90 Å². The number of carbonyl (C=O) groups is 1. The average molecular weight is 245 g/mol. The molecule has 0 N–H and O–H groups in total. The van der Waals surface area contributed by atoms with E-state index in [1.807, 2.05) is 11.8 Å². The van der Waals surface area contributed by atoms with Crippen molar-refractivity contribution in [1.82, 2.24) is 9.80 Å². The van der Waals surface area contributed by atoms with E-state index in [1.165, 1.54) is 19.4 Å². The van der Waals surface area contributed by atoms with Gasteiger partial charge in [-0.05, 0) is 25.2 Å². The summed E-state index contributed by atoms with van der Waals surface area (Å²) in [4.78, 5) is 16.2. The summed E-state index contributed by atoms with van der Waals surface area (Å²) in [6, 6.07) is 0. The second kappa shape index (κ2) is 5.37. The first-order valence-electron chi connectivity index (χ1n) is 6.36. The van der Waals surface area contributed by atoms with Crippen molar-refractivity contribution < 1.29 is 4.79 Å². The van der Waals surface area contributed by atoms with Crippen molar-refractivity contribution in [3.63, 3.8) is 0 Å². The van der Waals surface area contributed by atoms with Gasteiger partial charge in [0.05, 0.1) is 0 Å². The third-order valence-electron chi connectivity index (χ3n) is 3.52. The Kier molecular flexibility index (Phi) is 4.09. The molecule has 4 heteroatoms. The molecule has 1 atom stereocenters. The number of rotatable bonds is 4. The predicted octanol–water partition coefficient (Wildman–Crippen LogP) is 1.56. The molecular formula is C12H21ClN2O. The lowest BCUT2D eigenvalue weighted by Gasteiger charge is -2.35. The summed E-state index contributed by atoms with van der Waals surface area (Å²) >= 11 is 5.97. The maximum Gasteiger partial charge on any atom is 0.240 e. The van der Waals surface area contributed by atoms with Crippen molar-refractivity contribution in [2.75, 3.05) is 32.7 Å². The van der Waals surface area contributed by atoms with Crippen LogP contribution < -0.4 is 0 Å². The van der Waals surface area contributed by atoms with Gasteiger partial charge in [-0.2, -0.15) is 0 Å². The molecular weight excluding hydrogens is 224 g/mol. The Morgan fingerprint density at radius 3 is 2.44 bits per heavy atom. The maximum absolute atomic E-state index is 11.8. The molecule has 92 valence electrons. The summed E-state index contributed by atoms with van der Waals surface area (Å²) in [5, 5.41) is -0.324. The van der Waals surface area contributed by atoms with Crippen molar-refractivity contribution in [1.29, 1.82) is 0 Å². The molecule has 3 nitrogen and oxygen atoms in total. The molecule has 1 saturated carbocycles. The summed E-state index contributed by atoms with van der Waals surface area (Å²) in [7, 11) is 0. The van der Waals surface area contributed by atoms with Gasteiger partial charge in [0, 0.05) is 32.7 Å². The normalized spacial score (nSPS) is 24.5. The molecule has 16 heavy (non-hydrogen) atoms. The van der Waals surface area contributed by atoms with E-state index < -0.39 is 0 Å². The van der Waals surface area contributed by atoms with Gasteiger partial charge in [0.25, 0.3) is 0 Å². The van der Waals surface area contributed by atoms with E-state index in [0.29, 0.717) is 0 Å². The molecule has 2 fully saturated rings. The molecule has 1 aliphatic heterocycles. The fourth-order valence-corrected chi connectivity index (χ4v) is 2.33. The molecule has 1 amide bonds. The lowest BCUT2D eigenvalue weighted by Crippen LogP contribution is -2.50. The number of halogens is 1. The van der Waals surface area contributed by atoms with Crippen LogP contribution in [0.2, 0.25) is 0 Å². The van der Waals surface area contributed by atoms with Crippen molar-refractivity contribution in [3.8, 4) is 0 Å². The molecule has 1 heterocycles. The van der Waals surface area contributed by atoms with Crippen molar-refractivity contribution in [3.05, 3.63) is 0 Å². The van der Waals surface area contributed by atoms with E-state index >= 15 is 0 Å². The van der Waals surface area contributed by atoms with Gasteiger partial charge < -0.3 is 4.90 Å². The molecule has 0 aromatic rings. The zero-order valence-corrected chi connectivity index (χ0v) is 10.7. The van der Waals surface area contributed by atoms with Gasteiger partial charge in [-0.3, -0.25) is 9.69 Å². The second-order valence-electron chi connectivity index (χ2n) is 4.95. The Labute approximate surface area is 103 Å². The Morgan fingerprint density at radius 2 is 1.94 bits per heavy atom. The number of piperazine rings is 1. The topological polar surface area (TPSA) is 23.6 Å². The van der Waals surface area contributed by atoms with Crippen LogP contribution in [0, 0.1) is 5.92 Å². The van der Waals surface area contributed by atoms with Gasteiger partial charge in [-0.15, -0.1) is 11.6 Å². The number of amides is 1. The molecule has 1 aliphatic carbocycles. The van der Waals surface area contributed by atoms with Gasteiger partial charge in [-0.25, -0.2) is 0 Å². The minimum Gasteiger partial charge on any atom is -0.339 e. The average Bonchev–Trinajstić information content (AvgIpc) is 3.12. The minimum absolute atomic E-state index is 0.121. The number of hydrogen-bond donors (Lipinski definition) is 0. The molecule has 0 aromatic heterocycles. The smallest absolute Gasteiger partial charge is 0.240 e. The summed E-state index contributed by atoms with van der Waals surface area (Å²) in [5.41, 5.74) is 0. The van der Waals surface area contributed by atoms with Gasteiger partial charge in [0.2, 0.25) is 5.91 Å². The van der Waals surface area contributed by atoms with Crippen LogP contribution in [0.4, 0.5) is 0 Å². The molecule has 1 saturated heterocycles. The minimum atomic E-state index is -0.324. The van der Waals surface area contributed by atoms with E-state index in [0.717, 1.165) is 38.5 Å². The zero-order valence-electron chi connectivity index (χ0n) is 9.99. The predicted molar refractivity (Wildman–Crippen MR) is 65.7 cm³/mol. The number of hydrogen-bond acceptors (Lipinski definition) is 2. The molecule has 0 unspecified atom stereocenters. The Balaban J connectivity index is 1.73. The van der Waals surface area contributed by atoms with Gasteiger partial charge in [0.15, 0.2) is 0 Å². The van der Waals surface area contributed by atoms with Crippen LogP contribution in [-0.2, 0) is 4.79 Å². The molecule has 0 bridgehead atoms. The van der Waals surface area contributed by atoms with E-state index in [9.17, 15) is 4.79 Å². The van der Waals surface area contributed by atoms with Gasteiger partial charge >= 0.3 is 0 Å². The first-order chi connectivity index (χ1) is 7.70. The Bertz CT molecular complexity index is 247. The summed E-state index contributed by atoms with van der Waals surface area (Å²) in [5.74, 6) is 1.06. The largest absolute Gasteiger partial charge is 0.339 e. The first kappa shape index (κ1) is 12.2. The first-order valence-corrected chi connectivity index (χ1v) is 6.79. The summed E-state index contributed by atoms with van der Waals surface area (Å²) < 4.78 is 0. The highest BCUT2D eigenvalue weighted by molar-refractivity contribution is 6.30. The third kappa shape index (κ3) is 3.11. The van der Waals surface area contributed by atoms with Crippen molar-refractivity contribution in [2.45, 2.75) is 31.6 Å². The van der Waals surface area contributed by atoms with E-state index in [4.69, 9.17) is 11.6 Å². The fourth-order valence-electron chi connectivity index (χ4n) is 2.19. The standard InChI is InChI=1S/C12H21ClN2O/c1-2-11(13)12(16)15-7-5-14(6-8-15)9-10-3-4-10/h10-11H,2-9H2,1H3/t11-/m0/s1. The van der Waals surface area contributed by atoms with Crippen molar-refractivity contribution in [2.24, 2.45) is 5.92 Å². The number of carbonyl (C=O) groups excluding carboxylic acids is 1. The fraction of sp³-hybridized carbons (Fsp3) is 0.917. The monoisotopic (exact) mass is 244 g/mol. The maximum atomic E-state index is 11.8. The third-order valence-corrected chi connectivity index (χ3v) is 4.02. The number of alkyl halides is 1. The van der Waals surface area contributed by atoms with Gasteiger partial charge in [-0.1, -0.05) is 6.92 Å². The Hall–Kier alpha value is -0.280. The SMILES string of the molecule is CC[C@H](Cl)C(=O)N1CCN(CC2CC2)CC1. The number of nitrogens with zero attached hydrogens (tertiary/aromatic N) is 2. The molecule has 0 spiro atoms. The highest BCUT2D eigenvalue weighted by atomic mass is 35.5. The van der Waals surface area contributed by atoms with E-state index in [-0.39, 0.29) is 11.3 Å². The van der Waals surface area contributed by atoms with Crippen LogP contribution in [0.1, 0.15) is 26.2 Å². The quantitative estimate of drug-likeness (QED) is 0.701. The van der Waals surface area contributed by atoms with E-state index in [1.54, 1.807) is 0 Å². The molecule has 2 rings (SSSR count). The van der Waals surface area contributed by atoms with Crippen LogP contribution in [0.3, 0.4) is 0 Å². The van der Waals surface area contributed by atoms with Gasteiger partial charge in [0.1, 0.15) is 5.38 Å². The van der Waals surface area contributed by atoms with Crippen molar-refractivity contribution >= 4 is 17.5 Å². The zero-order chi connectivity index (χ0) is 11.5. The van der Waals surface area contributed by atoms with Crippen LogP contribution in [0.25, 0.3) is 0 Å². The molecule has 0 radical (unpaired) electrons.